The molecule has 1 unspecified atom stereocenters. The van der Waals surface area contributed by atoms with Gasteiger partial charge in [0.05, 0.1) is 6.10 Å². The number of urea groups is 1. The van der Waals surface area contributed by atoms with E-state index in [9.17, 15) is 15.0 Å². The van der Waals surface area contributed by atoms with Gasteiger partial charge in [-0.3, -0.25) is 0 Å². The Kier molecular flexibility index (Phi) is 4.19. The van der Waals surface area contributed by atoms with Crippen LogP contribution in [0.3, 0.4) is 0 Å². The zero-order valence-electron chi connectivity index (χ0n) is 11.3. The molecule has 0 saturated carbocycles. The van der Waals surface area contributed by atoms with Crippen molar-refractivity contribution in [3.05, 3.63) is 17.7 Å². The molecule has 2 rings (SSSR count). The third-order valence-electron chi connectivity index (χ3n) is 3.25. The number of aromatic hydroxyl groups is 1. The van der Waals surface area contributed by atoms with E-state index in [4.69, 9.17) is 5.73 Å². The Morgan fingerprint density at radius 3 is 2.95 bits per heavy atom. The number of aliphatic hydroxyl groups excluding tert-OH is 1. The van der Waals surface area contributed by atoms with Crippen LogP contribution in [-0.4, -0.2) is 29.3 Å². The van der Waals surface area contributed by atoms with E-state index in [2.05, 4.69) is 17.2 Å². The molecular formula is C13H18N4O3. The van der Waals surface area contributed by atoms with Gasteiger partial charge in [-0.25, -0.2) is 4.79 Å². The van der Waals surface area contributed by atoms with Crippen LogP contribution in [0.15, 0.2) is 22.4 Å². The lowest BCUT2D eigenvalue weighted by molar-refractivity contribution is 0.194. The fraction of sp³-hybridized carbons (Fsp3) is 0.462. The quantitative estimate of drug-likeness (QED) is 0.733. The lowest BCUT2D eigenvalue weighted by Gasteiger charge is -2.19. The molecule has 0 saturated heterocycles. The Bertz CT molecular complexity index is 545. The number of azo groups is 1. The Balaban J connectivity index is 2.31. The SMILES string of the molecule is CCCCN1CC(O)c2cc(N=NC(N)=O)c(O)cc21. The third-order valence-corrected chi connectivity index (χ3v) is 3.25. The van der Waals surface area contributed by atoms with Gasteiger partial charge >= 0.3 is 6.03 Å². The highest BCUT2D eigenvalue weighted by molar-refractivity contribution is 5.73. The number of nitrogens with zero attached hydrogens (tertiary/aromatic N) is 3. The van der Waals surface area contributed by atoms with Crippen molar-refractivity contribution in [2.45, 2.75) is 25.9 Å². The number of unbranched alkanes of at least 4 members (excludes halogenated alkanes) is 1. The molecule has 0 fully saturated rings. The van der Waals surface area contributed by atoms with Gasteiger partial charge in [-0.15, -0.1) is 5.11 Å². The molecule has 0 aromatic heterocycles. The van der Waals surface area contributed by atoms with Gasteiger partial charge in [0.2, 0.25) is 0 Å². The Labute approximate surface area is 116 Å². The summed E-state index contributed by atoms with van der Waals surface area (Å²) in [4.78, 5) is 12.6. The van der Waals surface area contributed by atoms with Crippen LogP contribution < -0.4 is 10.6 Å². The zero-order chi connectivity index (χ0) is 14.7. The van der Waals surface area contributed by atoms with Crippen molar-refractivity contribution in [1.29, 1.82) is 0 Å². The molecule has 1 heterocycles. The summed E-state index contributed by atoms with van der Waals surface area (Å²) in [6, 6.07) is 2.14. The predicted octanol–water partition coefficient (Wildman–Crippen LogP) is 2.21. The number of rotatable bonds is 4. The van der Waals surface area contributed by atoms with Crippen LogP contribution in [-0.2, 0) is 0 Å². The summed E-state index contributed by atoms with van der Waals surface area (Å²) in [5.41, 5.74) is 6.46. The van der Waals surface area contributed by atoms with Crippen LogP contribution in [0, 0.1) is 0 Å². The highest BCUT2D eigenvalue weighted by Gasteiger charge is 2.28. The van der Waals surface area contributed by atoms with Crippen molar-refractivity contribution < 1.29 is 15.0 Å². The number of β-amino-alcohol motifs (C(OH)–C–C–N with tert-alkyl or cyclic N) is 1. The maximum atomic E-state index is 10.6. The van der Waals surface area contributed by atoms with Crippen LogP contribution in [0.5, 0.6) is 5.75 Å². The lowest BCUT2D eigenvalue weighted by Crippen LogP contribution is -2.22. The van der Waals surface area contributed by atoms with E-state index in [1.807, 2.05) is 4.90 Å². The van der Waals surface area contributed by atoms with E-state index in [0.29, 0.717) is 12.1 Å². The number of hydrogen-bond acceptors (Lipinski definition) is 5. The minimum absolute atomic E-state index is 0.0932. The highest BCUT2D eigenvalue weighted by atomic mass is 16.3. The number of hydrogen-bond donors (Lipinski definition) is 3. The molecule has 0 radical (unpaired) electrons. The summed E-state index contributed by atoms with van der Waals surface area (Å²) in [6.07, 6.45) is 1.43. The fourth-order valence-corrected chi connectivity index (χ4v) is 2.27. The molecule has 2 amide bonds. The number of anilines is 1. The van der Waals surface area contributed by atoms with Crippen LogP contribution in [0.1, 0.15) is 31.4 Å². The van der Waals surface area contributed by atoms with Crippen LogP contribution in [0.25, 0.3) is 0 Å². The second kappa shape index (κ2) is 5.87. The van der Waals surface area contributed by atoms with Gasteiger partial charge in [0, 0.05) is 30.4 Å². The average molecular weight is 278 g/mol. The minimum atomic E-state index is -0.935. The number of benzene rings is 1. The van der Waals surface area contributed by atoms with Crippen molar-refractivity contribution in [3.63, 3.8) is 0 Å². The summed E-state index contributed by atoms with van der Waals surface area (Å²) in [5.74, 6) is -0.0932. The fourth-order valence-electron chi connectivity index (χ4n) is 2.27. The zero-order valence-corrected chi connectivity index (χ0v) is 11.3. The van der Waals surface area contributed by atoms with E-state index in [1.54, 1.807) is 0 Å². The average Bonchev–Trinajstić information content (AvgIpc) is 2.70. The first-order valence-corrected chi connectivity index (χ1v) is 6.54. The van der Waals surface area contributed by atoms with Crippen molar-refractivity contribution in [1.82, 2.24) is 0 Å². The molecule has 1 aromatic carbocycles. The predicted molar refractivity (Wildman–Crippen MR) is 74.3 cm³/mol. The molecule has 4 N–H and O–H groups in total. The van der Waals surface area contributed by atoms with Crippen LogP contribution in [0.2, 0.25) is 0 Å². The van der Waals surface area contributed by atoms with Crippen molar-refractivity contribution in [3.8, 4) is 5.75 Å². The summed E-state index contributed by atoms with van der Waals surface area (Å²) in [6.45, 7) is 3.41. The molecule has 1 aliphatic heterocycles. The molecule has 0 spiro atoms. The topological polar surface area (TPSA) is 112 Å². The molecule has 1 atom stereocenters. The second-order valence-corrected chi connectivity index (χ2v) is 4.75. The van der Waals surface area contributed by atoms with Crippen molar-refractivity contribution in [2.75, 3.05) is 18.0 Å². The number of carbonyl (C=O) groups is 1. The Morgan fingerprint density at radius 2 is 2.30 bits per heavy atom. The molecule has 1 aliphatic rings. The molecule has 7 nitrogen and oxygen atoms in total. The van der Waals surface area contributed by atoms with Crippen molar-refractivity contribution >= 4 is 17.4 Å². The standard InChI is InChI=1S/C13H18N4O3/c1-2-3-4-17-7-12(19)8-5-9(15-16-13(14)20)11(18)6-10(8)17/h5-6,12,18-19H,2-4,7H2,1H3,(H2,14,20). The summed E-state index contributed by atoms with van der Waals surface area (Å²) in [5, 5.41) is 26.7. The molecule has 108 valence electrons. The van der Waals surface area contributed by atoms with Gasteiger partial charge in [-0.1, -0.05) is 18.5 Å². The van der Waals surface area contributed by atoms with E-state index in [-0.39, 0.29) is 11.4 Å². The largest absolute Gasteiger partial charge is 0.506 e. The third kappa shape index (κ3) is 2.88. The second-order valence-electron chi connectivity index (χ2n) is 4.75. The smallest absolute Gasteiger partial charge is 0.356 e. The van der Waals surface area contributed by atoms with Gasteiger partial charge < -0.3 is 20.8 Å². The number of amides is 2. The molecule has 0 bridgehead atoms. The van der Waals surface area contributed by atoms with E-state index in [1.165, 1.54) is 12.1 Å². The van der Waals surface area contributed by atoms with E-state index >= 15 is 0 Å². The van der Waals surface area contributed by atoms with Gasteiger partial charge in [-0.05, 0) is 12.5 Å². The molecule has 1 aromatic rings. The maximum absolute atomic E-state index is 10.6. The minimum Gasteiger partial charge on any atom is -0.506 e. The first kappa shape index (κ1) is 14.3. The number of aliphatic hydroxyl groups is 1. The molecule has 0 aliphatic carbocycles. The Morgan fingerprint density at radius 1 is 1.55 bits per heavy atom. The maximum Gasteiger partial charge on any atom is 0.356 e. The summed E-state index contributed by atoms with van der Waals surface area (Å²) >= 11 is 0. The normalized spacial score (nSPS) is 17.7. The van der Waals surface area contributed by atoms with Crippen molar-refractivity contribution in [2.24, 2.45) is 16.0 Å². The lowest BCUT2D eigenvalue weighted by atomic mass is 10.1. The van der Waals surface area contributed by atoms with E-state index < -0.39 is 12.1 Å². The van der Waals surface area contributed by atoms with E-state index in [0.717, 1.165) is 25.1 Å². The van der Waals surface area contributed by atoms with Gasteiger partial charge in [0.1, 0.15) is 11.4 Å². The molecule has 20 heavy (non-hydrogen) atoms. The molecule has 7 heteroatoms. The van der Waals surface area contributed by atoms with Crippen LogP contribution >= 0.6 is 0 Å². The Hall–Kier alpha value is -2.15. The molecular weight excluding hydrogens is 260 g/mol. The van der Waals surface area contributed by atoms with Crippen LogP contribution in [0.4, 0.5) is 16.2 Å². The number of nitrogens with two attached hydrogens (primary N) is 1. The monoisotopic (exact) mass is 278 g/mol. The summed E-state index contributed by atoms with van der Waals surface area (Å²) < 4.78 is 0. The van der Waals surface area contributed by atoms with Gasteiger partial charge in [0.25, 0.3) is 0 Å². The number of carbonyl (C=O) groups excluding carboxylic acids is 1. The highest BCUT2D eigenvalue weighted by Crippen LogP contribution is 2.42. The van der Waals surface area contributed by atoms with Gasteiger partial charge in [-0.2, -0.15) is 0 Å². The first-order valence-electron chi connectivity index (χ1n) is 6.54. The number of fused-ring (bicyclic) bond motifs is 1. The first-order chi connectivity index (χ1) is 9.52. The van der Waals surface area contributed by atoms with Gasteiger partial charge in [0.15, 0.2) is 0 Å². The summed E-state index contributed by atoms with van der Waals surface area (Å²) in [7, 11) is 0. The number of primary amides is 1. The number of phenolic OH excluding ortho intramolecular Hbond substituents is 1. The number of phenols is 1.